The second-order valence-electron chi connectivity index (χ2n) is 8.60. The molecule has 1 aliphatic carbocycles. The van der Waals surface area contributed by atoms with E-state index in [4.69, 9.17) is 11.6 Å². The second kappa shape index (κ2) is 7.84. The minimum Gasteiger partial charge on any atom is -0.330 e. The van der Waals surface area contributed by atoms with E-state index < -0.39 is 28.7 Å². The molecule has 32 heavy (non-hydrogen) atoms. The molecule has 1 aromatic carbocycles. The highest BCUT2D eigenvalue weighted by Gasteiger charge is 2.51. The van der Waals surface area contributed by atoms with E-state index in [9.17, 15) is 22.4 Å². The highest BCUT2D eigenvalue weighted by atomic mass is 35.5. The SMILES string of the molecule is CN(C)C1(c2cccc(F)c2)CCC2(CC1)CN(c1cnc(C(F)(F)F)nc1Cl)C(=O)N2. The number of rotatable bonds is 3. The summed E-state index contributed by atoms with van der Waals surface area (Å²) in [6, 6.07) is 6.07. The molecule has 0 radical (unpaired) electrons. The summed E-state index contributed by atoms with van der Waals surface area (Å²) in [6.45, 7) is 0.229. The first kappa shape index (κ1) is 22.7. The molecule has 11 heteroatoms. The highest BCUT2D eigenvalue weighted by Crippen LogP contribution is 2.47. The van der Waals surface area contributed by atoms with E-state index in [2.05, 4.69) is 20.2 Å². The Balaban J connectivity index is 1.56. The number of hydrogen-bond donors (Lipinski definition) is 1. The van der Waals surface area contributed by atoms with Crippen LogP contribution in [0, 0.1) is 5.82 Å². The molecule has 2 fully saturated rings. The number of halogens is 5. The third-order valence-electron chi connectivity index (χ3n) is 6.60. The highest BCUT2D eigenvalue weighted by molar-refractivity contribution is 6.32. The van der Waals surface area contributed by atoms with Crippen LogP contribution in [0.5, 0.6) is 0 Å². The fourth-order valence-corrected chi connectivity index (χ4v) is 5.00. The topological polar surface area (TPSA) is 61.4 Å². The minimum atomic E-state index is -4.73. The molecule has 0 unspecified atom stereocenters. The molecule has 1 saturated heterocycles. The molecule has 4 rings (SSSR count). The van der Waals surface area contributed by atoms with Gasteiger partial charge in [-0.2, -0.15) is 13.2 Å². The number of alkyl halides is 3. The van der Waals surface area contributed by atoms with Crippen LogP contribution < -0.4 is 10.2 Å². The van der Waals surface area contributed by atoms with Gasteiger partial charge in [-0.3, -0.25) is 9.80 Å². The zero-order chi connectivity index (χ0) is 23.3. The van der Waals surface area contributed by atoms with Gasteiger partial charge >= 0.3 is 12.2 Å². The van der Waals surface area contributed by atoms with Gasteiger partial charge in [0.25, 0.3) is 0 Å². The van der Waals surface area contributed by atoms with E-state index in [1.807, 2.05) is 20.2 Å². The predicted octanol–water partition coefficient (Wildman–Crippen LogP) is 4.59. The Kier molecular flexibility index (Phi) is 5.57. The van der Waals surface area contributed by atoms with Crippen molar-refractivity contribution in [3.63, 3.8) is 0 Å². The van der Waals surface area contributed by atoms with Crippen molar-refractivity contribution in [3.05, 3.63) is 52.8 Å². The van der Waals surface area contributed by atoms with Gasteiger partial charge in [0.15, 0.2) is 5.15 Å². The first-order chi connectivity index (χ1) is 15.0. The fraction of sp³-hybridized carbons (Fsp3) is 0.476. The van der Waals surface area contributed by atoms with Crippen molar-refractivity contribution in [2.45, 2.75) is 42.9 Å². The summed E-state index contributed by atoms with van der Waals surface area (Å²) in [5, 5.41) is 2.55. The van der Waals surface area contributed by atoms with Gasteiger partial charge in [-0.1, -0.05) is 23.7 Å². The molecule has 1 N–H and O–H groups in total. The number of urea groups is 1. The summed E-state index contributed by atoms with van der Waals surface area (Å²) in [4.78, 5) is 22.7. The molecular formula is C21H22ClF4N5O. The maximum absolute atomic E-state index is 13.9. The maximum atomic E-state index is 13.9. The first-order valence-electron chi connectivity index (χ1n) is 10.1. The lowest BCUT2D eigenvalue weighted by atomic mass is 9.69. The van der Waals surface area contributed by atoms with E-state index in [1.54, 1.807) is 6.07 Å². The number of nitrogens with one attached hydrogen (secondary N) is 1. The van der Waals surface area contributed by atoms with Gasteiger partial charge in [-0.25, -0.2) is 19.2 Å². The molecule has 0 atom stereocenters. The quantitative estimate of drug-likeness (QED) is 0.525. The molecule has 1 spiro atoms. The van der Waals surface area contributed by atoms with Gasteiger partial charge in [-0.05, 0) is 57.5 Å². The molecule has 2 aliphatic rings. The molecule has 1 aliphatic heterocycles. The number of benzene rings is 1. The van der Waals surface area contributed by atoms with Gasteiger partial charge in [0.2, 0.25) is 5.82 Å². The van der Waals surface area contributed by atoms with Crippen LogP contribution in [0.2, 0.25) is 5.15 Å². The average Bonchev–Trinajstić information content (AvgIpc) is 3.03. The van der Waals surface area contributed by atoms with E-state index in [0.29, 0.717) is 25.7 Å². The Labute approximate surface area is 187 Å². The predicted molar refractivity (Wildman–Crippen MR) is 111 cm³/mol. The van der Waals surface area contributed by atoms with E-state index >= 15 is 0 Å². The molecule has 0 bridgehead atoms. The average molecular weight is 472 g/mol. The Bertz CT molecular complexity index is 1040. The van der Waals surface area contributed by atoms with E-state index in [-0.39, 0.29) is 23.6 Å². The van der Waals surface area contributed by atoms with Gasteiger partial charge in [0.1, 0.15) is 11.5 Å². The van der Waals surface area contributed by atoms with Gasteiger partial charge in [0.05, 0.1) is 18.3 Å². The number of anilines is 1. The minimum absolute atomic E-state index is 0.0311. The summed E-state index contributed by atoms with van der Waals surface area (Å²) in [7, 11) is 3.89. The van der Waals surface area contributed by atoms with Crippen LogP contribution in [0.25, 0.3) is 0 Å². The van der Waals surface area contributed by atoms with Crippen molar-refractivity contribution in [1.82, 2.24) is 20.2 Å². The van der Waals surface area contributed by atoms with Crippen molar-refractivity contribution < 1.29 is 22.4 Å². The molecule has 1 aromatic heterocycles. The van der Waals surface area contributed by atoms with Crippen LogP contribution in [-0.4, -0.2) is 47.1 Å². The van der Waals surface area contributed by atoms with Crippen molar-refractivity contribution in [3.8, 4) is 0 Å². The molecule has 2 amide bonds. The van der Waals surface area contributed by atoms with Crippen LogP contribution in [-0.2, 0) is 11.7 Å². The number of aromatic nitrogens is 2. The van der Waals surface area contributed by atoms with Crippen LogP contribution in [0.15, 0.2) is 30.5 Å². The van der Waals surface area contributed by atoms with Crippen LogP contribution in [0.4, 0.5) is 28.0 Å². The lowest BCUT2D eigenvalue weighted by molar-refractivity contribution is -0.144. The molecule has 2 aromatic rings. The number of carbonyl (C=O) groups excluding carboxylic acids is 1. The third-order valence-corrected chi connectivity index (χ3v) is 6.88. The Morgan fingerprint density at radius 3 is 2.44 bits per heavy atom. The number of amides is 2. The van der Waals surface area contributed by atoms with Crippen molar-refractivity contribution in [2.24, 2.45) is 0 Å². The lowest BCUT2D eigenvalue weighted by Crippen LogP contribution is -2.54. The monoisotopic (exact) mass is 471 g/mol. The first-order valence-corrected chi connectivity index (χ1v) is 10.5. The second-order valence-corrected chi connectivity index (χ2v) is 8.96. The number of nitrogens with zero attached hydrogens (tertiary/aromatic N) is 4. The van der Waals surface area contributed by atoms with E-state index in [1.165, 1.54) is 17.0 Å². The zero-order valence-electron chi connectivity index (χ0n) is 17.5. The normalized spacial score (nSPS) is 26.1. The summed E-state index contributed by atoms with van der Waals surface area (Å²) in [6.07, 6.45) is -1.28. The summed E-state index contributed by atoms with van der Waals surface area (Å²) < 4.78 is 52.4. The van der Waals surface area contributed by atoms with Crippen molar-refractivity contribution in [1.29, 1.82) is 0 Å². The van der Waals surface area contributed by atoms with Crippen molar-refractivity contribution >= 4 is 23.3 Å². The molecule has 172 valence electrons. The lowest BCUT2D eigenvalue weighted by Gasteiger charge is -2.48. The van der Waals surface area contributed by atoms with Crippen LogP contribution in [0.3, 0.4) is 0 Å². The Morgan fingerprint density at radius 2 is 1.88 bits per heavy atom. The van der Waals surface area contributed by atoms with E-state index in [0.717, 1.165) is 11.8 Å². The van der Waals surface area contributed by atoms with Crippen molar-refractivity contribution in [2.75, 3.05) is 25.5 Å². The zero-order valence-corrected chi connectivity index (χ0v) is 18.3. The van der Waals surface area contributed by atoms with Crippen LogP contribution in [0.1, 0.15) is 37.1 Å². The fourth-order valence-electron chi connectivity index (χ4n) is 4.77. The maximum Gasteiger partial charge on any atom is 0.451 e. The standard InChI is InChI=1S/C21H22ClF4N5O/c1-30(2)20(13-4-3-5-14(23)10-13)8-6-19(7-9-20)12-31(18(32)29-19)15-11-27-17(21(24,25)26)28-16(15)22/h3-5,10-11H,6-9,12H2,1-2H3,(H,29,32). The number of carbonyl (C=O) groups is 1. The van der Waals surface area contributed by atoms with Gasteiger partial charge in [0, 0.05) is 5.54 Å². The molecular weight excluding hydrogens is 450 g/mol. The smallest absolute Gasteiger partial charge is 0.330 e. The largest absolute Gasteiger partial charge is 0.451 e. The van der Waals surface area contributed by atoms with Gasteiger partial charge in [-0.15, -0.1) is 0 Å². The summed E-state index contributed by atoms with van der Waals surface area (Å²) in [5.74, 6) is -1.66. The molecule has 2 heterocycles. The molecule has 6 nitrogen and oxygen atoms in total. The number of hydrogen-bond acceptors (Lipinski definition) is 4. The summed E-state index contributed by atoms with van der Waals surface area (Å²) >= 11 is 5.97. The Hall–Kier alpha value is -2.46. The third kappa shape index (κ3) is 3.90. The van der Waals surface area contributed by atoms with Crippen LogP contribution >= 0.6 is 11.6 Å². The molecule has 1 saturated carbocycles. The Morgan fingerprint density at radius 1 is 1.19 bits per heavy atom. The summed E-state index contributed by atoms with van der Waals surface area (Å²) in [5.41, 5.74) is -0.0577. The van der Waals surface area contributed by atoms with Gasteiger partial charge < -0.3 is 5.32 Å².